The molecule has 0 unspecified atom stereocenters. The van der Waals surface area contributed by atoms with E-state index in [4.69, 9.17) is 15.5 Å². The Morgan fingerprint density at radius 1 is 1.52 bits per heavy atom. The van der Waals surface area contributed by atoms with Crippen molar-refractivity contribution in [2.75, 3.05) is 11.9 Å². The average Bonchev–Trinajstić information content (AvgIpc) is 3.02. The van der Waals surface area contributed by atoms with E-state index in [1.807, 2.05) is 19.9 Å². The van der Waals surface area contributed by atoms with Crippen LogP contribution in [0, 0.1) is 11.8 Å². The molecule has 0 fully saturated rings. The Morgan fingerprint density at radius 3 is 3.14 bits per heavy atom. The Bertz CT molecular complexity index is 711. The van der Waals surface area contributed by atoms with Gasteiger partial charge >= 0.3 is 0 Å². The van der Waals surface area contributed by atoms with E-state index < -0.39 is 0 Å². The number of anilines is 1. The van der Waals surface area contributed by atoms with Crippen molar-refractivity contribution in [3.63, 3.8) is 0 Å². The number of benzene rings is 1. The zero-order valence-electron chi connectivity index (χ0n) is 12.3. The van der Waals surface area contributed by atoms with Crippen molar-refractivity contribution in [2.24, 2.45) is 5.73 Å². The highest BCUT2D eigenvalue weighted by atomic mass is 32.1. The van der Waals surface area contributed by atoms with Crippen molar-refractivity contribution in [2.45, 2.75) is 38.8 Å². The first-order valence-electron chi connectivity index (χ1n) is 7.17. The second kappa shape index (κ2) is 5.92. The maximum atomic E-state index is 5.88. The van der Waals surface area contributed by atoms with Crippen LogP contribution >= 0.6 is 11.3 Å². The average molecular weight is 301 g/mol. The lowest BCUT2D eigenvalue weighted by Crippen LogP contribution is -2.27. The number of hydrogen-bond donors (Lipinski definition) is 2. The molecule has 0 aliphatic carbocycles. The molecule has 21 heavy (non-hydrogen) atoms. The highest BCUT2D eigenvalue weighted by Crippen LogP contribution is 2.36. The van der Waals surface area contributed by atoms with Crippen molar-refractivity contribution in [1.82, 2.24) is 4.98 Å². The number of rotatable bonds is 4. The fourth-order valence-electron chi connectivity index (χ4n) is 2.58. The quantitative estimate of drug-likeness (QED) is 0.853. The molecule has 4 nitrogen and oxygen atoms in total. The van der Waals surface area contributed by atoms with E-state index in [-0.39, 0.29) is 12.1 Å². The molecule has 2 atom stereocenters. The molecule has 1 aliphatic rings. The van der Waals surface area contributed by atoms with Crippen LogP contribution < -0.4 is 15.8 Å². The second-order valence-electron chi connectivity index (χ2n) is 5.31. The summed E-state index contributed by atoms with van der Waals surface area (Å²) in [5, 5.41) is 4.31. The second-order valence-corrected chi connectivity index (χ2v) is 6.34. The Morgan fingerprint density at radius 2 is 2.38 bits per heavy atom. The van der Waals surface area contributed by atoms with E-state index in [9.17, 15) is 0 Å². The molecule has 0 bridgehead atoms. The highest BCUT2D eigenvalue weighted by Gasteiger charge is 2.19. The minimum absolute atomic E-state index is 0.0415. The third-order valence-electron chi connectivity index (χ3n) is 3.46. The molecule has 2 aromatic rings. The molecule has 1 aliphatic heterocycles. The third-order valence-corrected chi connectivity index (χ3v) is 4.41. The fourth-order valence-corrected chi connectivity index (χ4v) is 3.53. The number of ether oxygens (including phenoxy) is 1. The number of fused-ring (bicyclic) bond motifs is 3. The molecule has 110 valence electrons. The number of nitrogens with one attached hydrogen (secondary N) is 1. The predicted octanol–water partition coefficient (Wildman–Crippen LogP) is 2.77. The topological polar surface area (TPSA) is 60.2 Å². The van der Waals surface area contributed by atoms with Crippen molar-refractivity contribution in [3.05, 3.63) is 17.7 Å². The van der Waals surface area contributed by atoms with Gasteiger partial charge in [0.1, 0.15) is 5.75 Å². The number of aromatic nitrogens is 1. The van der Waals surface area contributed by atoms with Gasteiger partial charge in [0.05, 0.1) is 22.9 Å². The summed E-state index contributed by atoms with van der Waals surface area (Å²) in [4.78, 5) is 4.73. The normalized spacial score (nSPS) is 15.8. The van der Waals surface area contributed by atoms with Gasteiger partial charge in [0.2, 0.25) is 0 Å². The molecule has 0 radical (unpaired) electrons. The van der Waals surface area contributed by atoms with Gasteiger partial charge in [-0.25, -0.2) is 4.98 Å². The first-order valence-corrected chi connectivity index (χ1v) is 7.98. The molecule has 0 spiro atoms. The maximum absolute atomic E-state index is 5.88. The van der Waals surface area contributed by atoms with Gasteiger partial charge < -0.3 is 15.8 Å². The van der Waals surface area contributed by atoms with Gasteiger partial charge in [-0.15, -0.1) is 5.92 Å². The molecule has 3 N–H and O–H groups in total. The van der Waals surface area contributed by atoms with Crippen molar-refractivity contribution < 1.29 is 4.74 Å². The van der Waals surface area contributed by atoms with Crippen LogP contribution in [0.5, 0.6) is 5.75 Å². The monoisotopic (exact) mass is 301 g/mol. The lowest BCUT2D eigenvalue weighted by Gasteiger charge is -2.14. The largest absolute Gasteiger partial charge is 0.493 e. The summed E-state index contributed by atoms with van der Waals surface area (Å²) in [7, 11) is 0. The van der Waals surface area contributed by atoms with Gasteiger partial charge in [0.15, 0.2) is 5.13 Å². The number of nitrogens with two attached hydrogens (primary N) is 1. The van der Waals surface area contributed by atoms with Gasteiger partial charge in [-0.3, -0.25) is 0 Å². The molecule has 0 saturated heterocycles. The SMILES string of the molecule is CC#C[C@H](C[C@@H](C)N)Nc1nc2c3c(ccc2s1)OCC3. The highest BCUT2D eigenvalue weighted by molar-refractivity contribution is 7.22. The standard InChI is InChI=1S/C16H19N3OS/c1-3-4-11(9-10(2)17)18-16-19-15-12-7-8-20-13(12)5-6-14(15)21-16/h5-6,10-11H,7-9,17H2,1-2H3,(H,18,19)/t10-,11-/m1/s1. The molecule has 2 heterocycles. The zero-order valence-corrected chi connectivity index (χ0v) is 13.1. The lowest BCUT2D eigenvalue weighted by molar-refractivity contribution is 0.357. The van der Waals surface area contributed by atoms with E-state index >= 15 is 0 Å². The van der Waals surface area contributed by atoms with Crippen molar-refractivity contribution in [3.8, 4) is 17.6 Å². The Labute approximate surface area is 128 Å². The van der Waals surface area contributed by atoms with Gasteiger partial charge in [-0.2, -0.15) is 0 Å². The molecule has 1 aromatic carbocycles. The minimum Gasteiger partial charge on any atom is -0.493 e. The molecular weight excluding hydrogens is 282 g/mol. The molecule has 0 amide bonds. The smallest absolute Gasteiger partial charge is 0.184 e. The van der Waals surface area contributed by atoms with Crippen molar-refractivity contribution >= 4 is 26.7 Å². The van der Waals surface area contributed by atoms with E-state index in [2.05, 4.69) is 23.2 Å². The summed E-state index contributed by atoms with van der Waals surface area (Å²) in [5.74, 6) is 7.09. The maximum Gasteiger partial charge on any atom is 0.184 e. The van der Waals surface area contributed by atoms with Crippen LogP contribution in [0.3, 0.4) is 0 Å². The summed E-state index contributed by atoms with van der Waals surface area (Å²) in [5.41, 5.74) is 8.17. The summed E-state index contributed by atoms with van der Waals surface area (Å²) < 4.78 is 6.78. The van der Waals surface area contributed by atoms with Crippen LogP contribution in [0.4, 0.5) is 5.13 Å². The number of thiazole rings is 1. The summed E-state index contributed by atoms with van der Waals surface area (Å²) in [6.07, 6.45) is 1.74. The van der Waals surface area contributed by atoms with E-state index in [0.717, 1.165) is 35.8 Å². The van der Waals surface area contributed by atoms with Crippen LogP contribution in [0.25, 0.3) is 10.2 Å². The molecule has 5 heteroatoms. The van der Waals surface area contributed by atoms with Crippen molar-refractivity contribution in [1.29, 1.82) is 0 Å². The minimum atomic E-state index is 0.0415. The summed E-state index contributed by atoms with van der Waals surface area (Å²) in [6.45, 7) is 4.59. The van der Waals surface area contributed by atoms with Crippen LogP contribution in [-0.4, -0.2) is 23.7 Å². The number of hydrogen-bond acceptors (Lipinski definition) is 5. The molecular formula is C16H19N3OS. The lowest BCUT2D eigenvalue weighted by atomic mass is 10.1. The van der Waals surface area contributed by atoms with Crippen LogP contribution in [0.2, 0.25) is 0 Å². The predicted molar refractivity (Wildman–Crippen MR) is 87.9 cm³/mol. The van der Waals surface area contributed by atoms with E-state index in [1.54, 1.807) is 11.3 Å². The molecule has 3 rings (SSSR count). The first kappa shape index (κ1) is 14.2. The zero-order chi connectivity index (χ0) is 14.8. The summed E-state index contributed by atoms with van der Waals surface area (Å²) >= 11 is 1.66. The Hall–Kier alpha value is -1.77. The van der Waals surface area contributed by atoms with Gasteiger partial charge in [-0.1, -0.05) is 17.3 Å². The van der Waals surface area contributed by atoms with Gasteiger partial charge in [0.25, 0.3) is 0 Å². The summed E-state index contributed by atoms with van der Waals surface area (Å²) in [6, 6.07) is 4.27. The fraction of sp³-hybridized carbons (Fsp3) is 0.438. The molecule has 0 saturated carbocycles. The number of nitrogens with zero attached hydrogens (tertiary/aromatic N) is 1. The van der Waals surface area contributed by atoms with Crippen LogP contribution in [0.1, 0.15) is 25.8 Å². The first-order chi connectivity index (χ1) is 10.2. The van der Waals surface area contributed by atoms with E-state index in [0.29, 0.717) is 0 Å². The van der Waals surface area contributed by atoms with Gasteiger partial charge in [-0.05, 0) is 32.4 Å². The third kappa shape index (κ3) is 2.97. The van der Waals surface area contributed by atoms with Gasteiger partial charge in [0, 0.05) is 18.0 Å². The Kier molecular flexibility index (Phi) is 4.00. The molecule has 1 aromatic heterocycles. The van der Waals surface area contributed by atoms with Crippen LogP contribution in [-0.2, 0) is 6.42 Å². The Balaban J connectivity index is 1.88. The van der Waals surface area contributed by atoms with Crippen LogP contribution in [0.15, 0.2) is 12.1 Å². The van der Waals surface area contributed by atoms with E-state index in [1.165, 1.54) is 10.3 Å².